The molecule has 3 aliphatic rings. The van der Waals surface area contributed by atoms with Crippen LogP contribution in [0.25, 0.3) is 0 Å². The van der Waals surface area contributed by atoms with E-state index >= 15 is 0 Å². The predicted molar refractivity (Wildman–Crippen MR) is 93.4 cm³/mol. The normalized spacial score (nSPS) is 24.5. The summed E-state index contributed by atoms with van der Waals surface area (Å²) in [7, 11) is 1.64. The second-order valence-corrected chi connectivity index (χ2v) is 7.31. The Bertz CT molecular complexity index is 665. The molecule has 2 aliphatic carbocycles. The lowest BCUT2D eigenvalue weighted by Crippen LogP contribution is -2.61. The van der Waals surface area contributed by atoms with Gasteiger partial charge in [0.1, 0.15) is 11.8 Å². The number of carbonyl (C=O) groups excluding carboxylic acids is 2. The summed E-state index contributed by atoms with van der Waals surface area (Å²) in [6, 6.07) is 7.66. The molecule has 1 aliphatic heterocycles. The van der Waals surface area contributed by atoms with Gasteiger partial charge in [0.15, 0.2) is 0 Å². The highest BCUT2D eigenvalue weighted by Gasteiger charge is 2.54. The van der Waals surface area contributed by atoms with Crippen molar-refractivity contribution in [1.82, 2.24) is 15.5 Å². The number of nitrogens with one attached hydrogen (secondary N) is 2. The Morgan fingerprint density at radius 2 is 1.96 bits per heavy atom. The minimum Gasteiger partial charge on any atom is -0.497 e. The first kappa shape index (κ1) is 16.4. The van der Waals surface area contributed by atoms with Crippen LogP contribution in [-0.2, 0) is 15.0 Å². The summed E-state index contributed by atoms with van der Waals surface area (Å²) in [5.41, 5.74) is 0.569. The number of nitrogens with zero attached hydrogens (tertiary/aromatic N) is 1. The molecule has 0 aromatic heterocycles. The fourth-order valence-corrected chi connectivity index (χ4v) is 3.64. The van der Waals surface area contributed by atoms with Crippen molar-refractivity contribution in [2.75, 3.05) is 26.7 Å². The van der Waals surface area contributed by atoms with E-state index in [-0.39, 0.29) is 11.8 Å². The predicted octanol–water partition coefficient (Wildman–Crippen LogP) is 0.806. The van der Waals surface area contributed by atoms with E-state index in [0.717, 1.165) is 43.5 Å². The van der Waals surface area contributed by atoms with Crippen molar-refractivity contribution in [3.8, 4) is 5.75 Å². The van der Waals surface area contributed by atoms with Crippen LogP contribution in [0.3, 0.4) is 0 Å². The van der Waals surface area contributed by atoms with E-state index < -0.39 is 11.5 Å². The maximum atomic E-state index is 13.3. The summed E-state index contributed by atoms with van der Waals surface area (Å²) >= 11 is 0. The van der Waals surface area contributed by atoms with Gasteiger partial charge in [0.25, 0.3) is 0 Å². The van der Waals surface area contributed by atoms with Crippen LogP contribution in [-0.4, -0.2) is 55.5 Å². The fourth-order valence-electron chi connectivity index (χ4n) is 3.64. The van der Waals surface area contributed by atoms with Crippen molar-refractivity contribution in [2.45, 2.75) is 43.2 Å². The SMILES string of the molecule is COc1ccc(C2(C(=O)N3CCNCC3C(=O)NC3CC3)CC2)cc1. The van der Waals surface area contributed by atoms with E-state index in [9.17, 15) is 9.59 Å². The molecule has 1 aromatic rings. The molecule has 2 N–H and O–H groups in total. The fraction of sp³-hybridized carbons (Fsp3) is 0.579. The first-order chi connectivity index (χ1) is 12.1. The zero-order chi connectivity index (χ0) is 17.4. The quantitative estimate of drug-likeness (QED) is 0.830. The van der Waals surface area contributed by atoms with Crippen molar-refractivity contribution in [2.24, 2.45) is 0 Å². The second-order valence-electron chi connectivity index (χ2n) is 7.31. The monoisotopic (exact) mass is 343 g/mol. The zero-order valence-corrected chi connectivity index (χ0v) is 14.6. The molecule has 0 spiro atoms. The van der Waals surface area contributed by atoms with Gasteiger partial charge in [-0.3, -0.25) is 9.59 Å². The largest absolute Gasteiger partial charge is 0.497 e. The van der Waals surface area contributed by atoms with Gasteiger partial charge in [-0.15, -0.1) is 0 Å². The van der Waals surface area contributed by atoms with Crippen LogP contribution in [0.2, 0.25) is 0 Å². The highest BCUT2D eigenvalue weighted by molar-refractivity contribution is 5.95. The number of hydrogen-bond acceptors (Lipinski definition) is 4. The third kappa shape index (κ3) is 3.11. The highest BCUT2D eigenvalue weighted by Crippen LogP contribution is 2.50. The minimum absolute atomic E-state index is 0.0198. The molecule has 1 atom stereocenters. The van der Waals surface area contributed by atoms with Crippen molar-refractivity contribution < 1.29 is 14.3 Å². The Morgan fingerprint density at radius 1 is 1.24 bits per heavy atom. The molecule has 0 bridgehead atoms. The van der Waals surface area contributed by atoms with E-state index in [1.54, 1.807) is 12.0 Å². The summed E-state index contributed by atoms with van der Waals surface area (Å²) in [4.78, 5) is 27.7. The van der Waals surface area contributed by atoms with Crippen LogP contribution >= 0.6 is 0 Å². The third-order valence-corrected chi connectivity index (χ3v) is 5.53. The number of methoxy groups -OCH3 is 1. The number of piperazine rings is 1. The lowest BCUT2D eigenvalue weighted by Gasteiger charge is -2.37. The maximum absolute atomic E-state index is 13.3. The average molecular weight is 343 g/mol. The molecule has 0 radical (unpaired) electrons. The molecule has 3 fully saturated rings. The number of benzene rings is 1. The number of carbonyl (C=O) groups is 2. The number of amides is 2. The average Bonchev–Trinajstić information content (AvgIpc) is 3.56. The van der Waals surface area contributed by atoms with Crippen LogP contribution in [0.15, 0.2) is 24.3 Å². The molecule has 25 heavy (non-hydrogen) atoms. The first-order valence-corrected chi connectivity index (χ1v) is 9.11. The molecule has 4 rings (SSSR count). The van der Waals surface area contributed by atoms with Gasteiger partial charge in [0.05, 0.1) is 12.5 Å². The van der Waals surface area contributed by atoms with E-state index in [4.69, 9.17) is 4.74 Å². The highest BCUT2D eigenvalue weighted by atomic mass is 16.5. The smallest absolute Gasteiger partial charge is 0.244 e. The van der Waals surface area contributed by atoms with Crippen LogP contribution in [0.5, 0.6) is 5.75 Å². The molecule has 2 saturated carbocycles. The molecule has 1 heterocycles. The van der Waals surface area contributed by atoms with Gasteiger partial charge in [-0.1, -0.05) is 12.1 Å². The number of ether oxygens (including phenoxy) is 1. The van der Waals surface area contributed by atoms with Crippen LogP contribution < -0.4 is 15.4 Å². The Morgan fingerprint density at radius 3 is 2.56 bits per heavy atom. The third-order valence-electron chi connectivity index (χ3n) is 5.53. The molecule has 134 valence electrons. The molecule has 1 unspecified atom stereocenters. The molecule has 6 nitrogen and oxygen atoms in total. The zero-order valence-electron chi connectivity index (χ0n) is 14.6. The second kappa shape index (κ2) is 6.33. The lowest BCUT2D eigenvalue weighted by molar-refractivity contribution is -0.143. The summed E-state index contributed by atoms with van der Waals surface area (Å²) in [5.74, 6) is 0.861. The molecule has 6 heteroatoms. The van der Waals surface area contributed by atoms with E-state index in [0.29, 0.717) is 19.1 Å². The van der Waals surface area contributed by atoms with Gasteiger partial charge in [-0.05, 0) is 43.4 Å². The van der Waals surface area contributed by atoms with Gasteiger partial charge >= 0.3 is 0 Å². The minimum atomic E-state index is -0.457. The van der Waals surface area contributed by atoms with E-state index in [1.807, 2.05) is 24.3 Å². The lowest BCUT2D eigenvalue weighted by atomic mass is 9.93. The molecular formula is C19H25N3O3. The number of rotatable bonds is 5. The van der Waals surface area contributed by atoms with Gasteiger partial charge in [-0.2, -0.15) is 0 Å². The Balaban J connectivity index is 1.53. The van der Waals surface area contributed by atoms with Crippen LogP contribution in [0.1, 0.15) is 31.2 Å². The summed E-state index contributed by atoms with van der Waals surface area (Å²) in [6.45, 7) is 1.85. The summed E-state index contributed by atoms with van der Waals surface area (Å²) in [6.07, 6.45) is 3.79. The van der Waals surface area contributed by atoms with Crippen molar-refractivity contribution in [1.29, 1.82) is 0 Å². The van der Waals surface area contributed by atoms with Gasteiger partial charge in [-0.25, -0.2) is 0 Å². The van der Waals surface area contributed by atoms with Crippen LogP contribution in [0, 0.1) is 0 Å². The Hall–Kier alpha value is -2.08. The summed E-state index contributed by atoms with van der Waals surface area (Å²) in [5, 5.41) is 6.30. The molecule has 1 saturated heterocycles. The van der Waals surface area contributed by atoms with Crippen LogP contribution in [0.4, 0.5) is 0 Å². The van der Waals surface area contributed by atoms with Gasteiger partial charge in [0.2, 0.25) is 11.8 Å². The molecular weight excluding hydrogens is 318 g/mol. The van der Waals surface area contributed by atoms with Gasteiger partial charge < -0.3 is 20.3 Å². The molecule has 1 aromatic carbocycles. The van der Waals surface area contributed by atoms with Crippen molar-refractivity contribution in [3.63, 3.8) is 0 Å². The van der Waals surface area contributed by atoms with Crippen molar-refractivity contribution >= 4 is 11.8 Å². The standard InChI is InChI=1S/C19H25N3O3/c1-25-15-6-2-13(3-7-15)19(8-9-19)18(24)22-11-10-20-12-16(22)17(23)21-14-4-5-14/h2-3,6-7,14,16,20H,4-5,8-12H2,1H3,(H,21,23). The molecule has 2 amide bonds. The van der Waals surface area contributed by atoms with Crippen molar-refractivity contribution in [3.05, 3.63) is 29.8 Å². The topological polar surface area (TPSA) is 70.7 Å². The summed E-state index contributed by atoms with van der Waals surface area (Å²) < 4.78 is 5.21. The van der Waals surface area contributed by atoms with Gasteiger partial charge in [0, 0.05) is 25.7 Å². The number of hydrogen-bond donors (Lipinski definition) is 2. The van der Waals surface area contributed by atoms with E-state index in [2.05, 4.69) is 10.6 Å². The Labute approximate surface area is 147 Å². The Kier molecular flexibility index (Phi) is 4.15. The van der Waals surface area contributed by atoms with E-state index in [1.165, 1.54) is 0 Å². The first-order valence-electron chi connectivity index (χ1n) is 9.11. The maximum Gasteiger partial charge on any atom is 0.244 e.